The molecule has 1 aromatic heterocycles. The molecule has 0 atom stereocenters. The Labute approximate surface area is 152 Å². The molecule has 0 aliphatic carbocycles. The van der Waals surface area contributed by atoms with Crippen molar-refractivity contribution in [3.05, 3.63) is 66.2 Å². The number of fused-ring (bicyclic) bond motifs is 1. The summed E-state index contributed by atoms with van der Waals surface area (Å²) in [5, 5.41) is 19.8. The molecule has 0 aliphatic rings. The van der Waals surface area contributed by atoms with Gasteiger partial charge in [0, 0.05) is 6.54 Å². The first kappa shape index (κ1) is 17.5. The first-order valence-corrected chi connectivity index (χ1v) is 8.31. The Morgan fingerprint density at radius 3 is 2.65 bits per heavy atom. The van der Waals surface area contributed by atoms with E-state index in [0.29, 0.717) is 19.0 Å². The Morgan fingerprint density at radius 2 is 1.92 bits per heavy atom. The molecule has 0 aliphatic heterocycles. The van der Waals surface area contributed by atoms with Gasteiger partial charge in [-0.25, -0.2) is 4.98 Å². The van der Waals surface area contributed by atoms with Gasteiger partial charge in [-0.3, -0.25) is 4.90 Å². The van der Waals surface area contributed by atoms with E-state index in [1.54, 1.807) is 0 Å². The van der Waals surface area contributed by atoms with E-state index in [1.807, 2.05) is 72.6 Å². The molecule has 132 valence electrons. The lowest BCUT2D eigenvalue weighted by molar-refractivity contribution is 0.228. The van der Waals surface area contributed by atoms with Gasteiger partial charge < -0.3 is 14.8 Å². The van der Waals surface area contributed by atoms with Gasteiger partial charge in [0.2, 0.25) is 0 Å². The second kappa shape index (κ2) is 8.19. The third-order valence-electron chi connectivity index (χ3n) is 3.93. The standard InChI is InChI=1S/C20H20N4O2/c1-24(11-12-26-15-7-3-2-4-8-15)14-19(25)16(13-21)20-22-17-9-5-6-10-18(17)23-20/h2-10,25H,11-12,14H2,1H3,(H,22,23)/b19-16+. The van der Waals surface area contributed by atoms with Crippen LogP contribution in [0.25, 0.3) is 16.6 Å². The van der Waals surface area contributed by atoms with E-state index in [1.165, 1.54) is 0 Å². The summed E-state index contributed by atoms with van der Waals surface area (Å²) in [6.45, 7) is 1.33. The summed E-state index contributed by atoms with van der Waals surface area (Å²) in [6.07, 6.45) is 0. The molecule has 6 nitrogen and oxygen atoms in total. The first-order valence-electron chi connectivity index (χ1n) is 8.31. The van der Waals surface area contributed by atoms with Crippen LogP contribution in [0.4, 0.5) is 0 Å². The summed E-state index contributed by atoms with van der Waals surface area (Å²) in [4.78, 5) is 9.33. The van der Waals surface area contributed by atoms with E-state index in [2.05, 4.69) is 9.97 Å². The predicted molar refractivity (Wildman–Crippen MR) is 101 cm³/mol. The third-order valence-corrected chi connectivity index (χ3v) is 3.93. The molecule has 0 amide bonds. The van der Waals surface area contributed by atoms with E-state index < -0.39 is 0 Å². The summed E-state index contributed by atoms with van der Waals surface area (Å²) in [7, 11) is 1.86. The molecule has 0 radical (unpaired) electrons. The van der Waals surface area contributed by atoms with Gasteiger partial charge in [-0.1, -0.05) is 30.3 Å². The number of aromatic nitrogens is 2. The minimum absolute atomic E-state index is 0.0197. The lowest BCUT2D eigenvalue weighted by Gasteiger charge is -2.17. The molecule has 1 heterocycles. The van der Waals surface area contributed by atoms with Crippen LogP contribution in [0.3, 0.4) is 0 Å². The maximum absolute atomic E-state index is 10.4. The van der Waals surface area contributed by atoms with Gasteiger partial charge in [0.1, 0.15) is 29.8 Å². The number of imidazole rings is 1. The van der Waals surface area contributed by atoms with Gasteiger partial charge in [-0.05, 0) is 31.3 Å². The topological polar surface area (TPSA) is 85.2 Å². The van der Waals surface area contributed by atoms with Gasteiger partial charge in [0.25, 0.3) is 0 Å². The van der Waals surface area contributed by atoms with E-state index >= 15 is 0 Å². The fraction of sp³-hybridized carbons (Fsp3) is 0.200. The number of hydrogen-bond acceptors (Lipinski definition) is 5. The average molecular weight is 348 g/mol. The van der Waals surface area contributed by atoms with Crippen LogP contribution in [-0.4, -0.2) is 46.7 Å². The van der Waals surface area contributed by atoms with Crippen LogP contribution in [0.1, 0.15) is 5.82 Å². The molecule has 26 heavy (non-hydrogen) atoms. The van der Waals surface area contributed by atoms with Crippen molar-refractivity contribution in [1.82, 2.24) is 14.9 Å². The number of allylic oxidation sites excluding steroid dienone is 1. The van der Waals surface area contributed by atoms with Crippen LogP contribution in [0.2, 0.25) is 0 Å². The molecule has 2 aromatic carbocycles. The Morgan fingerprint density at radius 1 is 1.19 bits per heavy atom. The molecule has 3 aromatic rings. The van der Waals surface area contributed by atoms with Crippen molar-refractivity contribution in [3.8, 4) is 11.8 Å². The SMILES string of the molecule is CN(CCOc1ccccc1)C/C(O)=C(/C#N)c1nc2ccccc2[nH]1. The molecule has 0 unspecified atom stereocenters. The zero-order chi connectivity index (χ0) is 18.4. The summed E-state index contributed by atoms with van der Waals surface area (Å²) in [5.74, 6) is 1.16. The smallest absolute Gasteiger partial charge is 0.152 e. The molecule has 0 spiro atoms. The minimum atomic E-state index is -0.0197. The molecular weight excluding hydrogens is 328 g/mol. The summed E-state index contributed by atoms with van der Waals surface area (Å²) in [5.41, 5.74) is 1.73. The number of aromatic amines is 1. The quantitative estimate of drug-likeness (QED) is 0.505. The monoisotopic (exact) mass is 348 g/mol. The van der Waals surface area contributed by atoms with Crippen molar-refractivity contribution < 1.29 is 9.84 Å². The van der Waals surface area contributed by atoms with Crippen LogP contribution in [0.5, 0.6) is 5.75 Å². The van der Waals surface area contributed by atoms with Crippen molar-refractivity contribution in [2.45, 2.75) is 0 Å². The second-order valence-electron chi connectivity index (χ2n) is 5.94. The fourth-order valence-electron chi connectivity index (χ4n) is 2.58. The number of H-pyrrole nitrogens is 1. The number of rotatable bonds is 7. The van der Waals surface area contributed by atoms with E-state index in [9.17, 15) is 10.4 Å². The number of ether oxygens (including phenoxy) is 1. The number of hydrogen-bond donors (Lipinski definition) is 2. The molecule has 0 bridgehead atoms. The average Bonchev–Trinajstić information content (AvgIpc) is 3.06. The maximum atomic E-state index is 10.4. The Kier molecular flexibility index (Phi) is 5.52. The summed E-state index contributed by atoms with van der Waals surface area (Å²) < 4.78 is 5.65. The molecule has 2 N–H and O–H groups in total. The number of aliphatic hydroxyl groups excluding tert-OH is 1. The van der Waals surface area contributed by atoms with E-state index in [4.69, 9.17) is 4.74 Å². The zero-order valence-electron chi connectivity index (χ0n) is 14.5. The highest BCUT2D eigenvalue weighted by atomic mass is 16.5. The van der Waals surface area contributed by atoms with Crippen LogP contribution in [-0.2, 0) is 0 Å². The van der Waals surface area contributed by atoms with Crippen molar-refractivity contribution in [1.29, 1.82) is 5.26 Å². The highest BCUT2D eigenvalue weighted by Gasteiger charge is 2.14. The van der Waals surface area contributed by atoms with Crippen molar-refractivity contribution in [2.24, 2.45) is 0 Å². The van der Waals surface area contributed by atoms with E-state index in [-0.39, 0.29) is 17.9 Å². The molecule has 6 heteroatoms. The van der Waals surface area contributed by atoms with Crippen LogP contribution in [0, 0.1) is 11.3 Å². The summed E-state index contributed by atoms with van der Waals surface area (Å²) >= 11 is 0. The molecule has 3 rings (SSSR count). The Bertz CT molecular complexity index is 908. The van der Waals surface area contributed by atoms with Crippen molar-refractivity contribution >= 4 is 16.6 Å². The maximum Gasteiger partial charge on any atom is 0.152 e. The van der Waals surface area contributed by atoms with E-state index in [0.717, 1.165) is 16.8 Å². The Hall–Kier alpha value is -3.30. The Balaban J connectivity index is 1.63. The van der Waals surface area contributed by atoms with Crippen molar-refractivity contribution in [3.63, 3.8) is 0 Å². The van der Waals surface area contributed by atoms with Gasteiger partial charge in [0.15, 0.2) is 5.82 Å². The fourth-order valence-corrected chi connectivity index (χ4v) is 2.58. The molecule has 0 fully saturated rings. The lowest BCUT2D eigenvalue weighted by Crippen LogP contribution is -2.26. The van der Waals surface area contributed by atoms with Gasteiger partial charge >= 0.3 is 0 Å². The van der Waals surface area contributed by atoms with Gasteiger partial charge in [-0.15, -0.1) is 0 Å². The largest absolute Gasteiger partial charge is 0.509 e. The second-order valence-corrected chi connectivity index (χ2v) is 5.94. The molecule has 0 saturated heterocycles. The molecular formula is C20H20N4O2. The number of nitrogens with zero attached hydrogens (tertiary/aromatic N) is 3. The van der Waals surface area contributed by atoms with Crippen LogP contribution in [0.15, 0.2) is 60.4 Å². The zero-order valence-corrected chi connectivity index (χ0v) is 14.5. The van der Waals surface area contributed by atoms with Gasteiger partial charge in [-0.2, -0.15) is 5.26 Å². The highest BCUT2D eigenvalue weighted by Crippen LogP contribution is 2.19. The normalized spacial score (nSPS) is 12.0. The lowest BCUT2D eigenvalue weighted by atomic mass is 10.2. The first-order chi connectivity index (χ1) is 12.7. The number of nitriles is 1. The number of benzene rings is 2. The van der Waals surface area contributed by atoms with Crippen LogP contribution < -0.4 is 4.74 Å². The van der Waals surface area contributed by atoms with Crippen LogP contribution >= 0.6 is 0 Å². The number of aliphatic hydroxyl groups is 1. The number of para-hydroxylation sites is 3. The number of likely N-dealkylation sites (N-methyl/N-ethyl adjacent to an activating group) is 1. The molecule has 0 saturated carbocycles. The number of nitrogens with one attached hydrogen (secondary N) is 1. The van der Waals surface area contributed by atoms with Gasteiger partial charge in [0.05, 0.1) is 17.6 Å². The minimum Gasteiger partial charge on any atom is -0.509 e. The predicted octanol–water partition coefficient (Wildman–Crippen LogP) is 3.37. The third kappa shape index (κ3) is 4.21. The highest BCUT2D eigenvalue weighted by molar-refractivity contribution is 5.82. The summed E-state index contributed by atoms with van der Waals surface area (Å²) in [6, 6.07) is 19.1. The van der Waals surface area contributed by atoms with Crippen molar-refractivity contribution in [2.75, 3.05) is 26.7 Å².